The fraction of sp³-hybridized carbons (Fsp3) is 0.778. The molecule has 0 aliphatic carbocycles. The maximum absolute atomic E-state index is 13.5. The van der Waals surface area contributed by atoms with Gasteiger partial charge in [0.05, 0.1) is 33.8 Å². The van der Waals surface area contributed by atoms with Crippen LogP contribution in [0.1, 0.15) is 265 Å². The fourth-order valence-corrected chi connectivity index (χ4v) is 9.24. The summed E-state index contributed by atoms with van der Waals surface area (Å²) in [5, 5.41) is 3.04. The van der Waals surface area contributed by atoms with Crippen LogP contribution in [0, 0.1) is 0 Å². The average Bonchev–Trinajstić information content (AvgIpc) is 3.35. The van der Waals surface area contributed by atoms with E-state index in [0.717, 1.165) is 89.9 Å². The first-order valence-electron chi connectivity index (χ1n) is 30.3. The summed E-state index contributed by atoms with van der Waals surface area (Å²) < 4.78 is 30.6. The molecule has 3 unspecified atom stereocenters. The van der Waals surface area contributed by atoms with Crippen molar-refractivity contribution < 1.29 is 37.3 Å². The Balaban J connectivity index is 5.27. The first-order valence-corrected chi connectivity index (χ1v) is 31.8. The highest BCUT2D eigenvalue weighted by Gasteiger charge is 2.30. The quantitative estimate of drug-likeness (QED) is 0.0156. The number of allylic oxidation sites excluding steroid dienone is 11. The number of unbranched alkanes of at least 4 members (excludes halogenated alkanes) is 30. The maximum Gasteiger partial charge on any atom is 0.472 e. The second kappa shape index (κ2) is 52.9. The van der Waals surface area contributed by atoms with E-state index in [1.165, 1.54) is 141 Å². The maximum atomic E-state index is 13.5. The zero-order chi connectivity index (χ0) is 53.6. The summed E-state index contributed by atoms with van der Waals surface area (Å²) in [4.78, 5) is 37.6. The molecule has 0 rings (SSSR count). The molecule has 0 aromatic carbocycles. The van der Waals surface area contributed by atoms with Crippen molar-refractivity contribution in [2.24, 2.45) is 0 Å². The van der Waals surface area contributed by atoms with E-state index in [0.29, 0.717) is 17.4 Å². The predicted octanol–water partition coefficient (Wildman–Crippen LogP) is 18.4. The van der Waals surface area contributed by atoms with E-state index in [4.69, 9.17) is 13.8 Å². The van der Waals surface area contributed by atoms with E-state index in [-0.39, 0.29) is 31.5 Å². The topological polar surface area (TPSA) is 111 Å². The number of esters is 1. The predicted molar refractivity (Wildman–Crippen MR) is 314 cm³/mol. The molecule has 0 aromatic heterocycles. The molecule has 9 nitrogen and oxygen atoms in total. The van der Waals surface area contributed by atoms with Crippen molar-refractivity contribution in [2.75, 3.05) is 40.9 Å². The smallest absolute Gasteiger partial charge is 0.456 e. The number of ether oxygens (including phenoxy) is 1. The monoisotopic (exact) mass is 1040 g/mol. The van der Waals surface area contributed by atoms with Crippen molar-refractivity contribution >= 4 is 19.7 Å². The Bertz CT molecular complexity index is 1480. The number of carbonyl (C=O) groups excluding carboxylic acids is 2. The minimum absolute atomic E-state index is 0.0335. The van der Waals surface area contributed by atoms with Crippen LogP contribution in [-0.2, 0) is 27.9 Å². The van der Waals surface area contributed by atoms with Gasteiger partial charge in [0.1, 0.15) is 19.3 Å². The number of carbonyl (C=O) groups is 2. The minimum Gasteiger partial charge on any atom is -0.456 e. The van der Waals surface area contributed by atoms with E-state index < -0.39 is 20.0 Å². The van der Waals surface area contributed by atoms with Crippen LogP contribution < -0.4 is 5.32 Å². The number of hydrogen-bond acceptors (Lipinski definition) is 6. The van der Waals surface area contributed by atoms with E-state index in [1.807, 2.05) is 33.3 Å². The second-order valence-corrected chi connectivity index (χ2v) is 23.0. The molecule has 1 amide bonds. The van der Waals surface area contributed by atoms with E-state index in [1.54, 1.807) is 0 Å². The van der Waals surface area contributed by atoms with Crippen LogP contribution in [0.15, 0.2) is 72.9 Å². The Kier molecular flexibility index (Phi) is 51.0. The van der Waals surface area contributed by atoms with E-state index >= 15 is 0 Å². The highest BCUT2D eigenvalue weighted by Crippen LogP contribution is 2.43. The largest absolute Gasteiger partial charge is 0.472 e. The number of quaternary nitrogens is 1. The molecule has 0 aliphatic heterocycles. The van der Waals surface area contributed by atoms with Gasteiger partial charge in [-0.05, 0) is 83.1 Å². The highest BCUT2D eigenvalue weighted by atomic mass is 31.2. The van der Waals surface area contributed by atoms with Gasteiger partial charge < -0.3 is 19.4 Å². The Morgan fingerprint density at radius 1 is 0.507 bits per heavy atom. The van der Waals surface area contributed by atoms with Crippen LogP contribution in [0.4, 0.5) is 0 Å². The third-order valence-electron chi connectivity index (χ3n) is 13.2. The Morgan fingerprint density at radius 3 is 1.44 bits per heavy atom. The number of amides is 1. The van der Waals surface area contributed by atoms with Gasteiger partial charge in [-0.2, -0.15) is 0 Å². The van der Waals surface area contributed by atoms with Gasteiger partial charge in [0.2, 0.25) is 5.91 Å². The average molecular weight is 1040 g/mol. The number of nitrogens with zero attached hydrogens (tertiary/aromatic N) is 1. The van der Waals surface area contributed by atoms with Crippen LogP contribution >= 0.6 is 7.82 Å². The molecule has 0 bridgehead atoms. The third kappa shape index (κ3) is 54.1. The SMILES string of the molecule is CC/C=C/C=C/C=C\CCCCCCCC(=O)NC(COP(=O)(O)OCC[N+](C)(C)C)C(/C=C\CCCCCCCCCCCCC)OC(=O)CCCCCCCCCCCCC/C=C\C/C=C\CCCCC. The van der Waals surface area contributed by atoms with Crippen molar-refractivity contribution in [3.05, 3.63) is 72.9 Å². The molecule has 73 heavy (non-hydrogen) atoms. The van der Waals surface area contributed by atoms with Gasteiger partial charge in [0.25, 0.3) is 0 Å². The molecular formula is C63H116N2O7P+. The lowest BCUT2D eigenvalue weighted by atomic mass is 10.0. The van der Waals surface area contributed by atoms with Gasteiger partial charge in [0.15, 0.2) is 0 Å². The number of phosphoric ester groups is 1. The molecule has 2 N–H and O–H groups in total. The number of rotatable bonds is 54. The summed E-state index contributed by atoms with van der Waals surface area (Å²) in [6, 6.07) is -0.861. The summed E-state index contributed by atoms with van der Waals surface area (Å²) in [6.45, 7) is 6.84. The van der Waals surface area contributed by atoms with Crippen molar-refractivity contribution in [1.82, 2.24) is 5.32 Å². The molecule has 0 radical (unpaired) electrons. The molecule has 0 aliphatic rings. The Hall–Kier alpha value is -2.55. The Morgan fingerprint density at radius 2 is 0.932 bits per heavy atom. The molecule has 0 spiro atoms. The summed E-state index contributed by atoms with van der Waals surface area (Å²) in [6.07, 6.45) is 67.5. The van der Waals surface area contributed by atoms with Crippen LogP contribution in [-0.4, -0.2) is 74.3 Å². The minimum atomic E-state index is -4.45. The summed E-state index contributed by atoms with van der Waals surface area (Å²) in [7, 11) is 1.48. The zero-order valence-electron chi connectivity index (χ0n) is 48.4. The second-order valence-electron chi connectivity index (χ2n) is 21.6. The number of nitrogens with one attached hydrogen (secondary N) is 1. The highest BCUT2D eigenvalue weighted by molar-refractivity contribution is 7.47. The normalized spacial score (nSPS) is 14.2. The first-order chi connectivity index (χ1) is 35.4. The summed E-state index contributed by atoms with van der Waals surface area (Å²) >= 11 is 0. The lowest BCUT2D eigenvalue weighted by Crippen LogP contribution is -2.47. The van der Waals surface area contributed by atoms with E-state index in [9.17, 15) is 19.0 Å². The third-order valence-corrected chi connectivity index (χ3v) is 14.2. The van der Waals surface area contributed by atoms with Gasteiger partial charge >= 0.3 is 13.8 Å². The van der Waals surface area contributed by atoms with Gasteiger partial charge in [-0.1, -0.05) is 242 Å². The summed E-state index contributed by atoms with van der Waals surface area (Å²) in [5.74, 6) is -0.530. The lowest BCUT2D eigenvalue weighted by Gasteiger charge is -2.27. The molecule has 0 aromatic rings. The molecule has 0 fully saturated rings. The molecule has 0 saturated carbocycles. The van der Waals surface area contributed by atoms with Gasteiger partial charge in [-0.15, -0.1) is 0 Å². The molecular weight excluding hydrogens is 928 g/mol. The molecule has 0 heterocycles. The van der Waals surface area contributed by atoms with E-state index in [2.05, 4.69) is 86.8 Å². The van der Waals surface area contributed by atoms with Crippen molar-refractivity contribution in [3.8, 4) is 0 Å². The fourth-order valence-electron chi connectivity index (χ4n) is 8.50. The van der Waals surface area contributed by atoms with Crippen molar-refractivity contribution in [2.45, 2.75) is 277 Å². The molecule has 3 atom stereocenters. The van der Waals surface area contributed by atoms with Gasteiger partial charge in [0, 0.05) is 12.8 Å². The van der Waals surface area contributed by atoms with Crippen molar-refractivity contribution in [3.63, 3.8) is 0 Å². The van der Waals surface area contributed by atoms with Crippen molar-refractivity contribution in [1.29, 1.82) is 0 Å². The zero-order valence-corrected chi connectivity index (χ0v) is 49.3. The first kappa shape index (κ1) is 70.5. The van der Waals surface area contributed by atoms with Crippen LogP contribution in [0.25, 0.3) is 0 Å². The van der Waals surface area contributed by atoms with Crippen LogP contribution in [0.3, 0.4) is 0 Å². The number of phosphoric acid groups is 1. The van der Waals surface area contributed by atoms with Crippen LogP contribution in [0.5, 0.6) is 0 Å². The summed E-state index contributed by atoms with van der Waals surface area (Å²) in [5.41, 5.74) is 0. The standard InChI is InChI=1S/C63H115N2O7P/c1-7-10-13-16-19-22-25-28-29-30-31-32-33-34-35-38-41-44-47-50-53-56-63(67)72-61(54-51-48-45-42-39-36-26-23-20-17-14-11-8-2)60(59-71-73(68,69)70-58-57-65(4,5)6)64-62(66)55-52-49-46-43-40-37-27-24-21-18-15-12-9-3/h12,15,18-19,21-22,24,27-29,51,54,60-61H,7-11,13-14,16-17,20,23,25-26,30-50,52-53,55-59H2,1-6H3,(H-,64,66,68,69)/p+1/b15-12+,21-18+,22-19-,27-24-,29-28-,54-51-. The molecule has 424 valence electrons. The lowest BCUT2D eigenvalue weighted by molar-refractivity contribution is -0.870. The van der Waals surface area contributed by atoms with Gasteiger partial charge in [-0.25, -0.2) is 4.57 Å². The molecule has 10 heteroatoms. The van der Waals surface area contributed by atoms with Gasteiger partial charge in [-0.3, -0.25) is 18.6 Å². The molecule has 0 saturated heterocycles. The number of likely N-dealkylation sites (N-methyl/N-ethyl adjacent to an activating group) is 1. The van der Waals surface area contributed by atoms with Crippen LogP contribution in [0.2, 0.25) is 0 Å². The number of hydrogen-bond donors (Lipinski definition) is 2. The Labute approximate surface area is 451 Å².